The molecule has 2 saturated carbocycles. The Morgan fingerprint density at radius 2 is 1.76 bits per heavy atom. The Balaban J connectivity index is 1.81. The summed E-state index contributed by atoms with van der Waals surface area (Å²) in [5.41, 5.74) is 8.81. The predicted molar refractivity (Wildman–Crippen MR) is 144 cm³/mol. The molecule has 2 N–H and O–H groups in total. The number of fused-ring (bicyclic) bond motifs is 2. The SMILES string of the molecule is CC1(C)CC2C(=C(c3cccc([N+](=O)[O-])c3)C3C(=O)CCCC3N2c2ccc(CN)cc2)C(=O)C1(C)C. The minimum atomic E-state index is -0.662. The number of nitro benzene ring substituents is 1. The van der Waals surface area contributed by atoms with Gasteiger partial charge in [-0.05, 0) is 53.5 Å². The fraction of sp³-hybridized carbons (Fsp3) is 0.467. The van der Waals surface area contributed by atoms with E-state index in [1.54, 1.807) is 6.07 Å². The Hall–Kier alpha value is -3.32. The molecule has 7 nitrogen and oxygen atoms in total. The number of rotatable bonds is 4. The van der Waals surface area contributed by atoms with Gasteiger partial charge in [-0.25, -0.2) is 0 Å². The molecule has 3 unspecified atom stereocenters. The highest BCUT2D eigenvalue weighted by Gasteiger charge is 2.58. The first-order valence-electron chi connectivity index (χ1n) is 13.1. The van der Waals surface area contributed by atoms with Gasteiger partial charge < -0.3 is 10.6 Å². The van der Waals surface area contributed by atoms with E-state index in [9.17, 15) is 19.7 Å². The topological polar surface area (TPSA) is 107 Å². The molecule has 5 rings (SSSR count). The Kier molecular flexibility index (Phi) is 6.10. The second-order valence-electron chi connectivity index (χ2n) is 11.9. The van der Waals surface area contributed by atoms with Crippen LogP contribution in [0.2, 0.25) is 0 Å². The van der Waals surface area contributed by atoms with Gasteiger partial charge in [0.25, 0.3) is 5.69 Å². The maximum absolute atomic E-state index is 14.4. The van der Waals surface area contributed by atoms with E-state index in [2.05, 4.69) is 18.7 Å². The standard InChI is InChI=1S/C30H35N3O4/c1-29(2)16-23-27(28(35)30(29,3)4)25(19-7-5-8-21(15-19)33(36)37)26-22(9-6-10-24(26)34)32(23)20-13-11-18(17-31)12-14-20/h5,7-8,11-15,22-23,26H,6,9-10,16-17,31H2,1-4H3. The molecule has 0 amide bonds. The molecule has 2 aromatic rings. The van der Waals surface area contributed by atoms with Crippen LogP contribution in [0.1, 0.15) is 64.5 Å². The quantitative estimate of drug-likeness (QED) is 0.440. The van der Waals surface area contributed by atoms with Gasteiger partial charge in [0.1, 0.15) is 5.78 Å². The molecule has 0 aromatic heterocycles. The van der Waals surface area contributed by atoms with E-state index in [-0.39, 0.29) is 34.8 Å². The van der Waals surface area contributed by atoms with Gasteiger partial charge in [0, 0.05) is 47.8 Å². The third-order valence-electron chi connectivity index (χ3n) is 9.33. The van der Waals surface area contributed by atoms with Crippen molar-refractivity contribution in [3.63, 3.8) is 0 Å². The number of benzene rings is 2. The summed E-state index contributed by atoms with van der Waals surface area (Å²) in [4.78, 5) is 41.6. The molecule has 3 atom stereocenters. The minimum absolute atomic E-state index is 0.0238. The number of non-ortho nitro benzene ring substituents is 1. The van der Waals surface area contributed by atoms with Gasteiger partial charge in [0.2, 0.25) is 0 Å². The van der Waals surface area contributed by atoms with Gasteiger partial charge in [-0.2, -0.15) is 0 Å². The number of nitrogens with zero attached hydrogens (tertiary/aromatic N) is 2. The second-order valence-corrected chi connectivity index (χ2v) is 11.9. The number of Topliss-reactive ketones (excluding diaryl/α,β-unsaturated/α-hetero) is 2. The maximum atomic E-state index is 14.4. The molecule has 2 aromatic carbocycles. The molecule has 194 valence electrons. The summed E-state index contributed by atoms with van der Waals surface area (Å²) in [5, 5.41) is 11.6. The molecule has 7 heteroatoms. The summed E-state index contributed by atoms with van der Waals surface area (Å²) in [6.45, 7) is 8.69. The van der Waals surface area contributed by atoms with Gasteiger partial charge in [0.05, 0.1) is 16.9 Å². The van der Waals surface area contributed by atoms with Crippen LogP contribution in [0.5, 0.6) is 0 Å². The average molecular weight is 502 g/mol. The Bertz CT molecular complexity index is 1310. The van der Waals surface area contributed by atoms with Crippen LogP contribution in [0, 0.1) is 26.9 Å². The smallest absolute Gasteiger partial charge is 0.270 e. The molecule has 2 aliphatic carbocycles. The van der Waals surface area contributed by atoms with E-state index < -0.39 is 16.3 Å². The molecule has 0 spiro atoms. The van der Waals surface area contributed by atoms with Crippen molar-refractivity contribution in [2.24, 2.45) is 22.5 Å². The molecule has 0 saturated heterocycles. The van der Waals surface area contributed by atoms with Crippen molar-refractivity contribution in [1.82, 2.24) is 0 Å². The van der Waals surface area contributed by atoms with E-state index in [4.69, 9.17) is 5.73 Å². The van der Waals surface area contributed by atoms with Crippen LogP contribution in [0.4, 0.5) is 11.4 Å². The number of nitro groups is 1. The Labute approximate surface area is 217 Å². The van der Waals surface area contributed by atoms with Crippen molar-refractivity contribution in [2.75, 3.05) is 4.90 Å². The van der Waals surface area contributed by atoms with Crippen LogP contribution in [0.15, 0.2) is 54.1 Å². The van der Waals surface area contributed by atoms with Crippen LogP contribution in [0.25, 0.3) is 5.57 Å². The molecule has 0 radical (unpaired) electrons. The highest BCUT2D eigenvalue weighted by Crippen LogP contribution is 2.57. The summed E-state index contributed by atoms with van der Waals surface area (Å²) in [7, 11) is 0. The largest absolute Gasteiger partial charge is 0.360 e. The van der Waals surface area contributed by atoms with E-state index in [1.807, 2.05) is 44.2 Å². The summed E-state index contributed by atoms with van der Waals surface area (Å²) >= 11 is 0. The van der Waals surface area contributed by atoms with Crippen LogP contribution in [-0.4, -0.2) is 28.6 Å². The number of carbonyl (C=O) groups is 2. The zero-order chi connectivity index (χ0) is 26.7. The zero-order valence-corrected chi connectivity index (χ0v) is 22.0. The maximum Gasteiger partial charge on any atom is 0.270 e. The molecule has 37 heavy (non-hydrogen) atoms. The van der Waals surface area contributed by atoms with Crippen LogP contribution < -0.4 is 10.6 Å². The van der Waals surface area contributed by atoms with E-state index in [0.717, 1.165) is 30.5 Å². The van der Waals surface area contributed by atoms with Gasteiger partial charge in [-0.1, -0.05) is 52.0 Å². The molecule has 2 fully saturated rings. The molecular weight excluding hydrogens is 466 g/mol. The van der Waals surface area contributed by atoms with Gasteiger partial charge in [0.15, 0.2) is 5.78 Å². The van der Waals surface area contributed by atoms with Crippen LogP contribution in [-0.2, 0) is 16.1 Å². The van der Waals surface area contributed by atoms with E-state index >= 15 is 0 Å². The second kappa shape index (κ2) is 8.91. The third kappa shape index (κ3) is 3.91. The van der Waals surface area contributed by atoms with Crippen molar-refractivity contribution in [3.8, 4) is 0 Å². The third-order valence-corrected chi connectivity index (χ3v) is 9.33. The zero-order valence-electron chi connectivity index (χ0n) is 22.0. The van der Waals surface area contributed by atoms with Crippen molar-refractivity contribution in [1.29, 1.82) is 0 Å². The lowest BCUT2D eigenvalue weighted by Gasteiger charge is -2.58. The first kappa shape index (κ1) is 25.3. The number of nitrogens with two attached hydrogens (primary N) is 1. The fourth-order valence-corrected chi connectivity index (χ4v) is 6.55. The summed E-state index contributed by atoms with van der Waals surface area (Å²) in [6, 6.07) is 14.2. The van der Waals surface area contributed by atoms with Crippen molar-refractivity contribution in [3.05, 3.63) is 75.3 Å². The molecule has 1 aliphatic heterocycles. The van der Waals surface area contributed by atoms with Crippen LogP contribution >= 0.6 is 0 Å². The van der Waals surface area contributed by atoms with Gasteiger partial charge >= 0.3 is 0 Å². The lowest BCUT2D eigenvalue weighted by Crippen LogP contribution is -2.62. The number of hydrogen-bond acceptors (Lipinski definition) is 6. The monoisotopic (exact) mass is 501 g/mol. The summed E-state index contributed by atoms with van der Waals surface area (Å²) < 4.78 is 0. The van der Waals surface area contributed by atoms with Gasteiger partial charge in [-0.3, -0.25) is 19.7 Å². The highest BCUT2D eigenvalue weighted by atomic mass is 16.6. The molecular formula is C30H35N3O4. The van der Waals surface area contributed by atoms with Crippen molar-refractivity contribution in [2.45, 2.75) is 72.0 Å². The Morgan fingerprint density at radius 1 is 1.05 bits per heavy atom. The fourth-order valence-electron chi connectivity index (χ4n) is 6.55. The number of anilines is 1. The highest BCUT2D eigenvalue weighted by molar-refractivity contribution is 6.13. The van der Waals surface area contributed by atoms with Crippen molar-refractivity contribution < 1.29 is 14.5 Å². The lowest BCUT2D eigenvalue weighted by molar-refractivity contribution is -0.384. The van der Waals surface area contributed by atoms with E-state index in [1.165, 1.54) is 12.1 Å². The molecule has 1 heterocycles. The van der Waals surface area contributed by atoms with Crippen LogP contribution in [0.3, 0.4) is 0 Å². The number of carbonyl (C=O) groups excluding carboxylic acids is 2. The van der Waals surface area contributed by atoms with Crippen molar-refractivity contribution >= 4 is 28.5 Å². The molecule has 3 aliphatic rings. The minimum Gasteiger partial charge on any atom is -0.360 e. The number of ketones is 2. The van der Waals surface area contributed by atoms with E-state index in [0.29, 0.717) is 29.7 Å². The first-order valence-corrected chi connectivity index (χ1v) is 13.1. The lowest BCUT2D eigenvalue weighted by atomic mass is 9.53. The Morgan fingerprint density at radius 3 is 2.41 bits per heavy atom. The summed E-state index contributed by atoms with van der Waals surface area (Å²) in [5.74, 6) is -0.393. The normalized spacial score (nSPS) is 26.5. The molecule has 0 bridgehead atoms. The first-order chi connectivity index (χ1) is 17.5. The van der Waals surface area contributed by atoms with Gasteiger partial charge in [-0.15, -0.1) is 0 Å². The predicted octanol–water partition coefficient (Wildman–Crippen LogP) is 5.46. The average Bonchev–Trinajstić information content (AvgIpc) is 2.87. The summed E-state index contributed by atoms with van der Waals surface area (Å²) in [6.07, 6.45) is 2.77. The number of hydrogen-bond donors (Lipinski definition) is 1.